The molecule has 2 N–H and O–H groups in total. The second kappa shape index (κ2) is 4.80. The first-order valence-corrected chi connectivity index (χ1v) is 5.75. The van der Waals surface area contributed by atoms with Crippen molar-refractivity contribution in [2.45, 2.75) is 26.4 Å². The van der Waals surface area contributed by atoms with Gasteiger partial charge in [0, 0.05) is 0 Å². The summed E-state index contributed by atoms with van der Waals surface area (Å²) in [7, 11) is 0. The van der Waals surface area contributed by atoms with Crippen molar-refractivity contribution in [1.29, 1.82) is 0 Å². The van der Waals surface area contributed by atoms with E-state index in [4.69, 9.17) is 14.3 Å². The minimum Gasteiger partial charge on any atom is -0.477 e. The van der Waals surface area contributed by atoms with Crippen LogP contribution < -0.4 is 5.32 Å². The smallest absolute Gasteiger partial charge is 0.415 e. The third kappa shape index (κ3) is 3.22. The molecular formula is C12H13N3O5. The van der Waals surface area contributed by atoms with E-state index in [-0.39, 0.29) is 22.9 Å². The highest BCUT2D eigenvalue weighted by Gasteiger charge is 2.18. The molecule has 0 spiro atoms. The van der Waals surface area contributed by atoms with Gasteiger partial charge in [-0.25, -0.2) is 19.9 Å². The Bertz CT molecular complexity index is 671. The van der Waals surface area contributed by atoms with Crippen LogP contribution in [0.4, 0.5) is 10.8 Å². The van der Waals surface area contributed by atoms with Crippen molar-refractivity contribution < 1.29 is 23.8 Å². The first kappa shape index (κ1) is 13.8. The molecule has 0 unspecified atom stereocenters. The monoisotopic (exact) mass is 279 g/mol. The van der Waals surface area contributed by atoms with Gasteiger partial charge < -0.3 is 14.3 Å². The number of carbonyl (C=O) groups is 2. The van der Waals surface area contributed by atoms with Crippen LogP contribution in [-0.2, 0) is 4.74 Å². The van der Waals surface area contributed by atoms with Crippen LogP contribution in [-0.4, -0.2) is 32.7 Å². The van der Waals surface area contributed by atoms with Crippen LogP contribution in [0.1, 0.15) is 31.3 Å². The number of rotatable bonds is 2. The molecule has 2 rings (SSSR count). The molecular weight excluding hydrogens is 266 g/mol. The summed E-state index contributed by atoms with van der Waals surface area (Å²) in [5.74, 6) is -1.17. The number of carbonyl (C=O) groups excluding carboxylic acids is 1. The lowest BCUT2D eigenvalue weighted by Gasteiger charge is -2.18. The first-order valence-electron chi connectivity index (χ1n) is 5.75. The Balaban J connectivity index is 2.20. The number of carboxylic acid groups (broad SMARTS) is 1. The van der Waals surface area contributed by atoms with E-state index in [0.717, 1.165) is 0 Å². The number of aromatic nitrogens is 2. The van der Waals surface area contributed by atoms with Gasteiger partial charge in [0.1, 0.15) is 5.60 Å². The molecule has 0 fully saturated rings. The normalized spacial score (nSPS) is 11.3. The fraction of sp³-hybridized carbons (Fsp3) is 0.333. The maximum atomic E-state index is 11.5. The number of ether oxygens (including phenoxy) is 1. The molecule has 0 atom stereocenters. The van der Waals surface area contributed by atoms with Gasteiger partial charge in [0.15, 0.2) is 11.3 Å². The number of hydrogen-bond acceptors (Lipinski definition) is 6. The molecule has 0 saturated carbocycles. The number of fused-ring (bicyclic) bond motifs is 1. The zero-order chi connectivity index (χ0) is 14.9. The summed E-state index contributed by atoms with van der Waals surface area (Å²) in [6, 6.07) is 2.59. The molecule has 0 aromatic carbocycles. The third-order valence-corrected chi connectivity index (χ3v) is 2.08. The maximum absolute atomic E-state index is 11.5. The van der Waals surface area contributed by atoms with E-state index in [2.05, 4.69) is 15.3 Å². The summed E-state index contributed by atoms with van der Waals surface area (Å²) in [5.41, 5.74) is -0.447. The van der Waals surface area contributed by atoms with Crippen molar-refractivity contribution in [2.75, 3.05) is 5.32 Å². The number of hydrogen-bond donors (Lipinski definition) is 2. The summed E-state index contributed by atoms with van der Waals surface area (Å²) in [6.07, 6.45) is -0.720. The van der Waals surface area contributed by atoms with E-state index in [1.807, 2.05) is 0 Å². The van der Waals surface area contributed by atoms with E-state index in [0.29, 0.717) is 0 Å². The lowest BCUT2D eigenvalue weighted by atomic mass is 10.2. The van der Waals surface area contributed by atoms with Gasteiger partial charge in [-0.1, -0.05) is 0 Å². The molecule has 0 saturated heterocycles. The summed E-state index contributed by atoms with van der Waals surface area (Å²) in [6.45, 7) is 5.16. The molecule has 0 aliphatic rings. The minimum atomic E-state index is -1.17. The zero-order valence-electron chi connectivity index (χ0n) is 11.1. The standard InChI is InChI=1S/C12H13N3O5/c1-12(2,3)20-11(18)15-10-14-8-7(19-10)5-4-6(13-8)9(16)17/h4-5H,1-3H3,(H,16,17)(H,13,14,15,18). The number of aromatic carboxylic acids is 1. The molecule has 0 radical (unpaired) electrons. The quantitative estimate of drug-likeness (QED) is 0.866. The highest BCUT2D eigenvalue weighted by Crippen LogP contribution is 2.18. The van der Waals surface area contributed by atoms with Crippen molar-refractivity contribution in [3.05, 3.63) is 17.8 Å². The predicted octanol–water partition coefficient (Wildman–Crippen LogP) is 2.27. The van der Waals surface area contributed by atoms with Gasteiger partial charge in [-0.3, -0.25) is 0 Å². The van der Waals surface area contributed by atoms with Crippen LogP contribution in [0.25, 0.3) is 11.2 Å². The Hall–Kier alpha value is -2.64. The van der Waals surface area contributed by atoms with E-state index in [1.165, 1.54) is 12.1 Å². The van der Waals surface area contributed by atoms with Crippen LogP contribution in [0.3, 0.4) is 0 Å². The number of pyridine rings is 1. The Kier molecular flexibility index (Phi) is 3.31. The van der Waals surface area contributed by atoms with Crippen LogP contribution in [0.15, 0.2) is 16.5 Å². The Morgan fingerprint density at radius 3 is 2.60 bits per heavy atom. The lowest BCUT2D eigenvalue weighted by Crippen LogP contribution is -2.27. The largest absolute Gasteiger partial charge is 0.477 e. The lowest BCUT2D eigenvalue weighted by molar-refractivity contribution is 0.0630. The number of carboxylic acids is 1. The van der Waals surface area contributed by atoms with Gasteiger partial charge >= 0.3 is 18.1 Å². The fourth-order valence-electron chi connectivity index (χ4n) is 1.38. The number of anilines is 1. The van der Waals surface area contributed by atoms with Gasteiger partial charge in [-0.2, -0.15) is 4.98 Å². The van der Waals surface area contributed by atoms with E-state index < -0.39 is 17.7 Å². The highest BCUT2D eigenvalue weighted by atomic mass is 16.6. The van der Waals surface area contributed by atoms with Crippen LogP contribution in [0.5, 0.6) is 0 Å². The maximum Gasteiger partial charge on any atom is 0.415 e. The molecule has 1 amide bonds. The SMILES string of the molecule is CC(C)(C)OC(=O)Nc1nc2nc(C(=O)O)ccc2o1. The van der Waals surface area contributed by atoms with Crippen molar-refractivity contribution in [2.24, 2.45) is 0 Å². The molecule has 2 aromatic heterocycles. The molecule has 8 heteroatoms. The molecule has 2 aromatic rings. The van der Waals surface area contributed by atoms with Crippen molar-refractivity contribution in [3.63, 3.8) is 0 Å². The van der Waals surface area contributed by atoms with Crippen LogP contribution >= 0.6 is 0 Å². The van der Waals surface area contributed by atoms with Crippen LogP contribution in [0.2, 0.25) is 0 Å². The molecule has 106 valence electrons. The molecule has 2 heterocycles. The number of nitrogens with one attached hydrogen (secondary N) is 1. The third-order valence-electron chi connectivity index (χ3n) is 2.08. The van der Waals surface area contributed by atoms with Gasteiger partial charge in [-0.15, -0.1) is 0 Å². The number of amides is 1. The second-order valence-electron chi connectivity index (χ2n) is 4.97. The predicted molar refractivity (Wildman–Crippen MR) is 68.6 cm³/mol. The van der Waals surface area contributed by atoms with E-state index in [1.54, 1.807) is 20.8 Å². The second-order valence-corrected chi connectivity index (χ2v) is 4.97. The average molecular weight is 279 g/mol. The van der Waals surface area contributed by atoms with Gasteiger partial charge in [0.05, 0.1) is 0 Å². The molecule has 0 aliphatic carbocycles. The van der Waals surface area contributed by atoms with Gasteiger partial charge in [-0.05, 0) is 32.9 Å². The number of oxazole rings is 1. The molecule has 8 nitrogen and oxygen atoms in total. The zero-order valence-corrected chi connectivity index (χ0v) is 11.1. The summed E-state index contributed by atoms with van der Waals surface area (Å²) < 4.78 is 10.2. The molecule has 0 aliphatic heterocycles. The fourth-order valence-corrected chi connectivity index (χ4v) is 1.38. The Labute approximate surface area is 113 Å². The Morgan fingerprint density at radius 2 is 2.00 bits per heavy atom. The topological polar surface area (TPSA) is 115 Å². The van der Waals surface area contributed by atoms with Crippen molar-refractivity contribution >= 4 is 29.3 Å². The van der Waals surface area contributed by atoms with Gasteiger partial charge in [0.2, 0.25) is 5.65 Å². The Morgan fingerprint density at radius 1 is 1.30 bits per heavy atom. The molecule has 0 bridgehead atoms. The first-order chi connectivity index (χ1) is 9.24. The van der Waals surface area contributed by atoms with Crippen molar-refractivity contribution in [1.82, 2.24) is 9.97 Å². The van der Waals surface area contributed by atoms with E-state index in [9.17, 15) is 9.59 Å². The summed E-state index contributed by atoms with van der Waals surface area (Å²) in [4.78, 5) is 30.0. The summed E-state index contributed by atoms with van der Waals surface area (Å²) >= 11 is 0. The average Bonchev–Trinajstić information content (AvgIpc) is 2.66. The van der Waals surface area contributed by atoms with E-state index >= 15 is 0 Å². The summed E-state index contributed by atoms with van der Waals surface area (Å²) in [5, 5.41) is 11.1. The molecule has 20 heavy (non-hydrogen) atoms. The van der Waals surface area contributed by atoms with Gasteiger partial charge in [0.25, 0.3) is 0 Å². The van der Waals surface area contributed by atoms with Crippen LogP contribution in [0, 0.1) is 0 Å². The van der Waals surface area contributed by atoms with Crippen molar-refractivity contribution in [3.8, 4) is 0 Å². The highest BCUT2D eigenvalue weighted by molar-refractivity contribution is 5.88. The number of nitrogens with zero attached hydrogens (tertiary/aromatic N) is 2. The minimum absolute atomic E-state index is 0.0935.